The van der Waals surface area contributed by atoms with Crippen molar-refractivity contribution in [3.05, 3.63) is 30.0 Å². The molecule has 0 bridgehead atoms. The highest BCUT2D eigenvalue weighted by Gasteiger charge is 2.55. The number of rotatable bonds is 4. The summed E-state index contributed by atoms with van der Waals surface area (Å²) in [7, 11) is 4.07. The Balaban J connectivity index is 1.35. The molecule has 2 aliphatic heterocycles. The number of nitrogens with zero attached hydrogens (tertiary/aromatic N) is 3. The smallest absolute Gasteiger partial charge is 0.234 e. The molecule has 3 aliphatic rings. The lowest BCUT2D eigenvalue weighted by molar-refractivity contribution is -0.135. The van der Waals surface area contributed by atoms with Gasteiger partial charge in [0.2, 0.25) is 12.7 Å². The molecule has 1 aliphatic carbocycles. The SMILES string of the molecule is CN1CCC(N(C)C(=O)C2(c3cc(-c4ccc5c(c4)OCO5)on3)CC2)CC1. The number of likely N-dealkylation sites (N-methyl/N-ethyl adjacent to an activating group) is 1. The number of ether oxygens (including phenoxy) is 2. The summed E-state index contributed by atoms with van der Waals surface area (Å²) in [6.45, 7) is 2.31. The second-order valence-corrected chi connectivity index (χ2v) is 8.18. The number of aromatic nitrogens is 1. The lowest BCUT2D eigenvalue weighted by Gasteiger charge is -2.36. The fraction of sp³-hybridized carbons (Fsp3) is 0.524. The van der Waals surface area contributed by atoms with Gasteiger partial charge in [0.05, 0.1) is 11.1 Å². The molecule has 2 fully saturated rings. The lowest BCUT2D eigenvalue weighted by Crippen LogP contribution is -2.47. The maximum absolute atomic E-state index is 13.3. The van der Waals surface area contributed by atoms with Crippen molar-refractivity contribution in [2.45, 2.75) is 37.1 Å². The number of carbonyl (C=O) groups excluding carboxylic acids is 1. The fourth-order valence-corrected chi connectivity index (χ4v) is 4.28. The molecule has 0 N–H and O–H groups in total. The van der Waals surface area contributed by atoms with Crippen LogP contribution in [-0.4, -0.2) is 60.9 Å². The van der Waals surface area contributed by atoms with Gasteiger partial charge in [0, 0.05) is 24.7 Å². The number of fused-ring (bicyclic) bond motifs is 1. The van der Waals surface area contributed by atoms with E-state index < -0.39 is 5.41 Å². The Morgan fingerprint density at radius 2 is 1.93 bits per heavy atom. The van der Waals surface area contributed by atoms with E-state index in [0.717, 1.165) is 55.8 Å². The molecule has 0 atom stereocenters. The van der Waals surface area contributed by atoms with E-state index >= 15 is 0 Å². The number of piperidine rings is 1. The molecule has 0 unspecified atom stereocenters. The zero-order valence-electron chi connectivity index (χ0n) is 16.3. The van der Waals surface area contributed by atoms with Crippen LogP contribution in [0.4, 0.5) is 0 Å². The van der Waals surface area contributed by atoms with Crippen molar-refractivity contribution in [3.8, 4) is 22.8 Å². The van der Waals surface area contributed by atoms with Gasteiger partial charge in [-0.25, -0.2) is 0 Å². The first-order chi connectivity index (χ1) is 13.6. The van der Waals surface area contributed by atoms with Gasteiger partial charge in [0.25, 0.3) is 0 Å². The van der Waals surface area contributed by atoms with Crippen molar-refractivity contribution < 1.29 is 18.8 Å². The Hall–Kier alpha value is -2.54. The molecule has 1 saturated heterocycles. The lowest BCUT2D eigenvalue weighted by atomic mass is 9.96. The average molecular weight is 383 g/mol. The van der Waals surface area contributed by atoms with Crippen LogP contribution in [0.5, 0.6) is 11.5 Å². The van der Waals surface area contributed by atoms with Gasteiger partial charge in [-0.15, -0.1) is 0 Å². The Morgan fingerprint density at radius 1 is 1.18 bits per heavy atom. The number of amides is 1. The van der Waals surface area contributed by atoms with Crippen LogP contribution in [0.25, 0.3) is 11.3 Å². The number of likely N-dealkylation sites (tertiary alicyclic amines) is 1. The van der Waals surface area contributed by atoms with E-state index in [1.54, 1.807) is 0 Å². The predicted molar refractivity (Wildman–Crippen MR) is 102 cm³/mol. The number of benzene rings is 1. The van der Waals surface area contributed by atoms with E-state index in [2.05, 4.69) is 17.1 Å². The van der Waals surface area contributed by atoms with Crippen LogP contribution >= 0.6 is 0 Å². The second kappa shape index (κ2) is 6.51. The van der Waals surface area contributed by atoms with Crippen molar-refractivity contribution in [1.82, 2.24) is 15.0 Å². The van der Waals surface area contributed by atoms with Crippen LogP contribution in [-0.2, 0) is 10.2 Å². The largest absolute Gasteiger partial charge is 0.454 e. The van der Waals surface area contributed by atoms with Crippen LogP contribution in [0, 0.1) is 0 Å². The van der Waals surface area contributed by atoms with Gasteiger partial charge in [-0.2, -0.15) is 0 Å². The van der Waals surface area contributed by atoms with Gasteiger partial charge in [0.1, 0.15) is 0 Å². The van der Waals surface area contributed by atoms with Crippen molar-refractivity contribution in [1.29, 1.82) is 0 Å². The third-order valence-corrected chi connectivity index (χ3v) is 6.37. The summed E-state index contributed by atoms with van der Waals surface area (Å²) in [5, 5.41) is 4.28. The third kappa shape index (κ3) is 2.85. The quantitative estimate of drug-likeness (QED) is 0.809. The number of hydrogen-bond donors (Lipinski definition) is 0. The minimum atomic E-state index is -0.518. The number of carbonyl (C=O) groups is 1. The molecule has 5 rings (SSSR count). The van der Waals surface area contributed by atoms with Crippen LogP contribution in [0.15, 0.2) is 28.8 Å². The van der Waals surface area contributed by atoms with Crippen LogP contribution < -0.4 is 9.47 Å². The summed E-state index contributed by atoms with van der Waals surface area (Å²) in [5.74, 6) is 2.26. The van der Waals surface area contributed by atoms with E-state index in [1.165, 1.54) is 0 Å². The molecule has 0 spiro atoms. The molecule has 28 heavy (non-hydrogen) atoms. The topological polar surface area (TPSA) is 68.0 Å². The molecule has 7 heteroatoms. The molecule has 1 aromatic heterocycles. The number of hydrogen-bond acceptors (Lipinski definition) is 6. The molecular weight excluding hydrogens is 358 g/mol. The van der Waals surface area contributed by atoms with Crippen LogP contribution in [0.2, 0.25) is 0 Å². The van der Waals surface area contributed by atoms with Crippen molar-refractivity contribution in [2.24, 2.45) is 0 Å². The Bertz CT molecular complexity index is 897. The van der Waals surface area contributed by atoms with Crippen molar-refractivity contribution in [3.63, 3.8) is 0 Å². The van der Waals surface area contributed by atoms with E-state index in [1.807, 2.05) is 36.2 Å². The molecule has 1 amide bonds. The van der Waals surface area contributed by atoms with Gasteiger partial charge >= 0.3 is 0 Å². The Labute approximate surface area is 164 Å². The molecule has 3 heterocycles. The first-order valence-corrected chi connectivity index (χ1v) is 9.90. The molecule has 7 nitrogen and oxygen atoms in total. The Kier molecular flexibility index (Phi) is 4.08. The van der Waals surface area contributed by atoms with Gasteiger partial charge < -0.3 is 23.8 Å². The summed E-state index contributed by atoms with van der Waals surface area (Å²) in [4.78, 5) is 17.6. The standard InChI is InChI=1S/C21H25N3O4/c1-23-9-5-15(6-10-23)24(2)20(25)21(7-8-21)19-12-17(28-22-19)14-3-4-16-18(11-14)27-13-26-16/h3-4,11-12,15H,5-10,13H2,1-2H3. The normalized spacial score (nSPS) is 20.9. The molecule has 1 saturated carbocycles. The third-order valence-electron chi connectivity index (χ3n) is 6.37. The van der Waals surface area contributed by atoms with E-state index in [9.17, 15) is 4.79 Å². The molecule has 0 radical (unpaired) electrons. The fourth-order valence-electron chi connectivity index (χ4n) is 4.28. The molecule has 2 aromatic rings. The molecule has 1 aromatic carbocycles. The van der Waals surface area contributed by atoms with Crippen LogP contribution in [0.3, 0.4) is 0 Å². The van der Waals surface area contributed by atoms with E-state index in [-0.39, 0.29) is 12.7 Å². The molecular formula is C21H25N3O4. The second-order valence-electron chi connectivity index (χ2n) is 8.18. The van der Waals surface area contributed by atoms with Crippen molar-refractivity contribution in [2.75, 3.05) is 34.0 Å². The van der Waals surface area contributed by atoms with Crippen molar-refractivity contribution >= 4 is 5.91 Å². The van der Waals surface area contributed by atoms with E-state index in [4.69, 9.17) is 14.0 Å². The first-order valence-electron chi connectivity index (χ1n) is 9.90. The highest BCUT2D eigenvalue weighted by atomic mass is 16.7. The minimum absolute atomic E-state index is 0.174. The van der Waals surface area contributed by atoms with Crippen LogP contribution in [0.1, 0.15) is 31.4 Å². The van der Waals surface area contributed by atoms with Gasteiger partial charge in [-0.05, 0) is 64.0 Å². The van der Waals surface area contributed by atoms with Gasteiger partial charge in [-0.3, -0.25) is 4.79 Å². The average Bonchev–Trinajstić information content (AvgIpc) is 3.15. The highest BCUT2D eigenvalue weighted by molar-refractivity contribution is 5.91. The maximum atomic E-state index is 13.3. The van der Waals surface area contributed by atoms with Gasteiger partial charge in [0.15, 0.2) is 17.3 Å². The summed E-state index contributed by atoms with van der Waals surface area (Å²) in [6, 6.07) is 7.89. The first kappa shape index (κ1) is 17.6. The highest BCUT2D eigenvalue weighted by Crippen LogP contribution is 2.50. The Morgan fingerprint density at radius 3 is 2.68 bits per heavy atom. The zero-order chi connectivity index (χ0) is 19.3. The monoisotopic (exact) mass is 383 g/mol. The molecule has 148 valence electrons. The summed E-state index contributed by atoms with van der Waals surface area (Å²) < 4.78 is 16.4. The maximum Gasteiger partial charge on any atom is 0.234 e. The zero-order valence-corrected chi connectivity index (χ0v) is 16.3. The predicted octanol–water partition coefficient (Wildman–Crippen LogP) is 2.65. The summed E-state index contributed by atoms with van der Waals surface area (Å²) in [6.07, 6.45) is 3.71. The van der Waals surface area contributed by atoms with Gasteiger partial charge in [-0.1, -0.05) is 5.16 Å². The van der Waals surface area contributed by atoms with E-state index in [0.29, 0.717) is 17.6 Å². The minimum Gasteiger partial charge on any atom is -0.454 e. The summed E-state index contributed by atoms with van der Waals surface area (Å²) >= 11 is 0. The summed E-state index contributed by atoms with van der Waals surface area (Å²) in [5.41, 5.74) is 1.09.